The van der Waals surface area contributed by atoms with Crippen molar-refractivity contribution in [1.29, 1.82) is 0 Å². The molecule has 0 aliphatic carbocycles. The highest BCUT2D eigenvalue weighted by Crippen LogP contribution is 2.41. The van der Waals surface area contributed by atoms with Gasteiger partial charge in [-0.2, -0.15) is 0 Å². The molecular formula is C59H38N6. The van der Waals surface area contributed by atoms with Crippen molar-refractivity contribution in [3.8, 4) is 62.4 Å². The van der Waals surface area contributed by atoms with Crippen LogP contribution in [0.2, 0.25) is 0 Å². The minimum Gasteiger partial charge on any atom is -0.316 e. The Labute approximate surface area is 374 Å². The van der Waals surface area contributed by atoms with Gasteiger partial charge in [0.1, 0.15) is 0 Å². The lowest BCUT2D eigenvalue weighted by Crippen LogP contribution is -2.00. The van der Waals surface area contributed by atoms with Gasteiger partial charge in [0, 0.05) is 66.9 Å². The monoisotopic (exact) mass is 830 g/mol. The summed E-state index contributed by atoms with van der Waals surface area (Å²) in [6.07, 6.45) is 2.18. The first-order valence-electron chi connectivity index (χ1n) is 21.9. The highest BCUT2D eigenvalue weighted by atomic mass is 15.0. The fourth-order valence-electron chi connectivity index (χ4n) is 9.63. The van der Waals surface area contributed by atoms with Gasteiger partial charge in [0.05, 0.1) is 27.6 Å². The zero-order valence-corrected chi connectivity index (χ0v) is 35.1. The average molecular weight is 831 g/mol. The number of para-hydroxylation sites is 3. The normalized spacial score (nSPS) is 11.7. The van der Waals surface area contributed by atoms with Crippen LogP contribution in [0.1, 0.15) is 0 Å². The molecule has 0 aliphatic rings. The molecule has 0 fully saturated rings. The molecule has 0 saturated carbocycles. The molecule has 6 heteroatoms. The summed E-state index contributed by atoms with van der Waals surface area (Å²) < 4.78 is 7.14. The maximum atomic E-state index is 5.01. The minimum absolute atomic E-state index is 0.632. The maximum Gasteiger partial charge on any atom is 0.164 e. The van der Waals surface area contributed by atoms with E-state index in [1.165, 1.54) is 38.0 Å². The summed E-state index contributed by atoms with van der Waals surface area (Å²) in [6.45, 7) is 0. The van der Waals surface area contributed by atoms with Crippen molar-refractivity contribution in [3.05, 3.63) is 231 Å². The summed E-state index contributed by atoms with van der Waals surface area (Å²) in [4.78, 5) is 14.9. The first-order valence-corrected chi connectivity index (χ1v) is 21.9. The van der Waals surface area contributed by atoms with E-state index in [0.717, 1.165) is 61.4 Å². The van der Waals surface area contributed by atoms with Crippen LogP contribution in [-0.4, -0.2) is 28.7 Å². The van der Waals surface area contributed by atoms with Crippen LogP contribution in [0.25, 0.3) is 117 Å². The molecule has 0 radical (unpaired) electrons. The Bertz CT molecular complexity index is 3850. The molecule has 13 rings (SSSR count). The zero-order chi connectivity index (χ0) is 42.8. The fraction of sp³-hybridized carbons (Fsp3) is 0. The van der Waals surface area contributed by atoms with Crippen LogP contribution < -0.4 is 0 Å². The predicted octanol–water partition coefficient (Wildman–Crippen LogP) is 14.7. The summed E-state index contributed by atoms with van der Waals surface area (Å²) in [6, 6.07) is 79.5. The molecule has 6 nitrogen and oxygen atoms in total. The van der Waals surface area contributed by atoms with Crippen molar-refractivity contribution in [2.75, 3.05) is 0 Å². The Morgan fingerprint density at radius 1 is 0.262 bits per heavy atom. The molecule has 65 heavy (non-hydrogen) atoms. The quantitative estimate of drug-likeness (QED) is 0.161. The lowest BCUT2D eigenvalue weighted by molar-refractivity contribution is 1.07. The Morgan fingerprint density at radius 2 is 0.738 bits per heavy atom. The highest BCUT2D eigenvalue weighted by Gasteiger charge is 2.20. The molecule has 13 aromatic rings. The van der Waals surface area contributed by atoms with Crippen molar-refractivity contribution < 1.29 is 0 Å². The fourth-order valence-corrected chi connectivity index (χ4v) is 9.63. The Kier molecular flexibility index (Phi) is 8.42. The zero-order valence-electron chi connectivity index (χ0n) is 35.1. The average Bonchev–Trinajstić information content (AvgIpc) is 4.05. The number of hydrogen-bond acceptors (Lipinski definition) is 3. The molecule has 0 amide bonds. The van der Waals surface area contributed by atoms with Crippen molar-refractivity contribution in [1.82, 2.24) is 28.7 Å². The molecule has 9 aromatic carbocycles. The Hall–Kier alpha value is -8.87. The van der Waals surface area contributed by atoms with E-state index in [1.54, 1.807) is 0 Å². The van der Waals surface area contributed by atoms with Crippen LogP contribution in [0, 0.1) is 0 Å². The van der Waals surface area contributed by atoms with E-state index in [4.69, 9.17) is 15.0 Å². The van der Waals surface area contributed by atoms with E-state index < -0.39 is 0 Å². The van der Waals surface area contributed by atoms with Gasteiger partial charge in [-0.25, -0.2) is 15.0 Å². The number of rotatable bonds is 7. The van der Waals surface area contributed by atoms with Gasteiger partial charge in [-0.05, 0) is 90.0 Å². The molecule has 4 heterocycles. The molecule has 0 bridgehead atoms. The topological polar surface area (TPSA) is 53.5 Å². The molecule has 0 atom stereocenters. The van der Waals surface area contributed by atoms with Crippen molar-refractivity contribution in [3.63, 3.8) is 0 Å². The van der Waals surface area contributed by atoms with Crippen LogP contribution in [0.3, 0.4) is 0 Å². The first-order chi connectivity index (χ1) is 32.2. The second kappa shape index (κ2) is 14.9. The van der Waals surface area contributed by atoms with E-state index in [1.807, 2.05) is 60.7 Å². The summed E-state index contributed by atoms with van der Waals surface area (Å²) in [5, 5.41) is 6.07. The number of fused-ring (bicyclic) bond motifs is 7. The van der Waals surface area contributed by atoms with Crippen LogP contribution in [0.4, 0.5) is 0 Å². The first kappa shape index (κ1) is 36.8. The number of hydrogen-bond donors (Lipinski definition) is 0. The lowest BCUT2D eigenvalue weighted by atomic mass is 10.0. The second-order valence-electron chi connectivity index (χ2n) is 16.5. The molecule has 4 aromatic heterocycles. The molecule has 0 aliphatic heterocycles. The van der Waals surface area contributed by atoms with E-state index in [-0.39, 0.29) is 0 Å². The number of benzene rings is 9. The SMILES string of the molecule is c1ccc(-c2nc(-c3ccccc3)nc(-c3cccc(-c4ccc(-n5c6cc7c8ccccc8n(-c8ccccc8)c7cc6c6cc7ccn(-c8ccccc8)c7cc65)cc4)c3)n2)cc1. The van der Waals surface area contributed by atoms with Crippen LogP contribution in [0.15, 0.2) is 231 Å². The van der Waals surface area contributed by atoms with Crippen molar-refractivity contribution in [2.45, 2.75) is 0 Å². The number of nitrogens with zero attached hydrogens (tertiary/aromatic N) is 6. The third-order valence-electron chi connectivity index (χ3n) is 12.7. The Balaban J connectivity index is 0.981. The van der Waals surface area contributed by atoms with Crippen LogP contribution >= 0.6 is 0 Å². The Morgan fingerprint density at radius 3 is 1.40 bits per heavy atom. The van der Waals surface area contributed by atoms with Crippen LogP contribution in [0.5, 0.6) is 0 Å². The molecule has 304 valence electrons. The van der Waals surface area contributed by atoms with Gasteiger partial charge in [0.2, 0.25) is 0 Å². The molecule has 0 N–H and O–H groups in total. The van der Waals surface area contributed by atoms with Crippen LogP contribution in [-0.2, 0) is 0 Å². The lowest BCUT2D eigenvalue weighted by Gasteiger charge is -2.12. The molecule has 0 spiro atoms. The van der Waals surface area contributed by atoms with Gasteiger partial charge in [-0.15, -0.1) is 0 Å². The van der Waals surface area contributed by atoms with E-state index in [0.29, 0.717) is 17.5 Å². The largest absolute Gasteiger partial charge is 0.316 e. The predicted molar refractivity (Wildman–Crippen MR) is 267 cm³/mol. The summed E-state index contributed by atoms with van der Waals surface area (Å²) in [7, 11) is 0. The molecular weight excluding hydrogens is 793 g/mol. The highest BCUT2D eigenvalue weighted by molar-refractivity contribution is 6.20. The standard InChI is InChI=1S/C59H38N6/c1-5-16-40(17-6-1)57-60-58(41-18-7-2-8-19-41)62-59(61-57)44-21-15-20-42(34-44)39-28-30-47(31-29-39)65-55-36-50-48-26-13-14-27-52(48)64(46-24-11-4-12-25-46)54(50)37-51(55)49-35-43-32-33-63(53(43)38-56(49)65)45-22-9-3-10-23-45/h1-38H. The van der Waals surface area contributed by atoms with Crippen molar-refractivity contribution >= 4 is 54.5 Å². The van der Waals surface area contributed by atoms with Gasteiger partial charge in [-0.3, -0.25) is 0 Å². The van der Waals surface area contributed by atoms with Crippen molar-refractivity contribution in [2.24, 2.45) is 0 Å². The summed E-state index contributed by atoms with van der Waals surface area (Å²) in [5.41, 5.74) is 14.2. The summed E-state index contributed by atoms with van der Waals surface area (Å²) in [5.74, 6) is 1.92. The van der Waals surface area contributed by atoms with Gasteiger partial charge in [0.25, 0.3) is 0 Å². The van der Waals surface area contributed by atoms with Gasteiger partial charge >= 0.3 is 0 Å². The minimum atomic E-state index is 0.632. The number of aromatic nitrogens is 6. The van der Waals surface area contributed by atoms with Gasteiger partial charge in [0.15, 0.2) is 17.5 Å². The molecule has 0 unspecified atom stereocenters. The van der Waals surface area contributed by atoms with Gasteiger partial charge in [-0.1, -0.05) is 146 Å². The maximum absolute atomic E-state index is 5.01. The van der Waals surface area contributed by atoms with Gasteiger partial charge < -0.3 is 13.7 Å². The third kappa shape index (κ3) is 6.15. The third-order valence-corrected chi connectivity index (χ3v) is 12.7. The van der Waals surface area contributed by atoms with E-state index in [2.05, 4.69) is 184 Å². The second-order valence-corrected chi connectivity index (χ2v) is 16.5. The molecule has 0 saturated heterocycles. The summed E-state index contributed by atoms with van der Waals surface area (Å²) >= 11 is 0. The smallest absolute Gasteiger partial charge is 0.164 e. The van der Waals surface area contributed by atoms with E-state index >= 15 is 0 Å². The van der Waals surface area contributed by atoms with E-state index in [9.17, 15) is 0 Å².